The monoisotopic (exact) mass is 183 g/mol. The minimum absolute atomic E-state index is 0.0462. The fourth-order valence-corrected chi connectivity index (χ4v) is 1.18. The van der Waals surface area contributed by atoms with Crippen LogP contribution in [0.1, 0.15) is 24.1 Å². The first kappa shape index (κ1) is 9.99. The first-order chi connectivity index (χ1) is 6.06. The second-order valence-electron chi connectivity index (χ2n) is 3.17. The highest BCUT2D eigenvalue weighted by Crippen LogP contribution is 2.26. The van der Waals surface area contributed by atoms with Gasteiger partial charge in [-0.3, -0.25) is 0 Å². The van der Waals surface area contributed by atoms with Crippen LogP contribution in [0.4, 0.5) is 4.39 Å². The van der Waals surface area contributed by atoms with Crippen LogP contribution in [-0.4, -0.2) is 12.2 Å². The van der Waals surface area contributed by atoms with Crippen LogP contribution >= 0.6 is 0 Å². The van der Waals surface area contributed by atoms with Gasteiger partial charge in [0.25, 0.3) is 0 Å². The molecule has 0 aliphatic carbocycles. The second-order valence-corrected chi connectivity index (χ2v) is 3.17. The van der Waals surface area contributed by atoms with E-state index >= 15 is 0 Å². The lowest BCUT2D eigenvalue weighted by Crippen LogP contribution is -2.12. The molecule has 0 aliphatic rings. The highest BCUT2D eigenvalue weighted by molar-refractivity contribution is 5.38. The van der Waals surface area contributed by atoms with Crippen LogP contribution in [0.15, 0.2) is 12.1 Å². The summed E-state index contributed by atoms with van der Waals surface area (Å²) in [6.07, 6.45) is 0. The van der Waals surface area contributed by atoms with Gasteiger partial charge in [0, 0.05) is 11.6 Å². The third-order valence-electron chi connectivity index (χ3n) is 2.21. The summed E-state index contributed by atoms with van der Waals surface area (Å²) in [5.41, 5.74) is 1.05. The van der Waals surface area contributed by atoms with Crippen LogP contribution in [0.2, 0.25) is 0 Å². The average Bonchev–Trinajstić information content (AvgIpc) is 2.10. The lowest BCUT2D eigenvalue weighted by atomic mass is 10.0. The molecule has 0 saturated heterocycles. The van der Waals surface area contributed by atoms with E-state index in [0.717, 1.165) is 0 Å². The van der Waals surface area contributed by atoms with Crippen molar-refractivity contribution < 1.29 is 9.50 Å². The molecule has 3 heteroatoms. The van der Waals surface area contributed by atoms with E-state index in [1.165, 1.54) is 12.1 Å². The Balaban J connectivity index is 3.15. The topological polar surface area (TPSA) is 32.3 Å². The van der Waals surface area contributed by atoms with E-state index in [0.29, 0.717) is 11.1 Å². The van der Waals surface area contributed by atoms with E-state index in [1.807, 2.05) is 6.92 Å². The zero-order valence-electron chi connectivity index (χ0n) is 8.06. The van der Waals surface area contributed by atoms with Gasteiger partial charge >= 0.3 is 0 Å². The molecule has 13 heavy (non-hydrogen) atoms. The molecular formula is C10H14FNO. The molecule has 0 fully saturated rings. The molecule has 0 aliphatic heterocycles. The third kappa shape index (κ3) is 1.98. The van der Waals surface area contributed by atoms with Gasteiger partial charge in [-0.15, -0.1) is 0 Å². The van der Waals surface area contributed by atoms with Crippen molar-refractivity contribution in [3.63, 3.8) is 0 Å². The number of halogens is 1. The number of phenolic OH excluding ortho intramolecular Hbond substituents is 1. The lowest BCUT2D eigenvalue weighted by molar-refractivity contribution is 0.453. The quantitative estimate of drug-likeness (QED) is 0.736. The smallest absolute Gasteiger partial charge is 0.126 e. The number of aromatic hydroxyl groups is 1. The highest BCUT2D eigenvalue weighted by Gasteiger charge is 2.11. The lowest BCUT2D eigenvalue weighted by Gasteiger charge is -2.13. The van der Waals surface area contributed by atoms with E-state index in [2.05, 4.69) is 5.32 Å². The number of nitrogens with one attached hydrogen (secondary N) is 1. The molecule has 2 N–H and O–H groups in total. The van der Waals surface area contributed by atoms with Gasteiger partial charge in [0.05, 0.1) is 0 Å². The fraction of sp³-hybridized carbons (Fsp3) is 0.400. The van der Waals surface area contributed by atoms with Gasteiger partial charge < -0.3 is 10.4 Å². The van der Waals surface area contributed by atoms with Gasteiger partial charge in [-0.05, 0) is 38.6 Å². The first-order valence-corrected chi connectivity index (χ1v) is 4.22. The molecule has 1 atom stereocenters. The van der Waals surface area contributed by atoms with E-state index < -0.39 is 0 Å². The van der Waals surface area contributed by atoms with E-state index in [-0.39, 0.29) is 17.6 Å². The minimum atomic E-state index is -0.282. The van der Waals surface area contributed by atoms with Gasteiger partial charge in [-0.2, -0.15) is 0 Å². The fourth-order valence-electron chi connectivity index (χ4n) is 1.18. The Bertz CT molecular complexity index is 312. The second kappa shape index (κ2) is 3.75. The largest absolute Gasteiger partial charge is 0.508 e. The zero-order valence-corrected chi connectivity index (χ0v) is 8.06. The summed E-state index contributed by atoms with van der Waals surface area (Å²) >= 11 is 0. The molecule has 72 valence electrons. The Hall–Kier alpha value is -1.09. The van der Waals surface area contributed by atoms with Crippen molar-refractivity contribution in [3.05, 3.63) is 29.1 Å². The SMILES string of the molecule is CN[C@@H](C)c1cc(F)c(C)cc1O. The minimum Gasteiger partial charge on any atom is -0.508 e. The van der Waals surface area contributed by atoms with Crippen LogP contribution in [0, 0.1) is 12.7 Å². The molecule has 1 rings (SSSR count). The Morgan fingerprint density at radius 3 is 2.62 bits per heavy atom. The summed E-state index contributed by atoms with van der Waals surface area (Å²) in [7, 11) is 1.77. The maximum atomic E-state index is 13.1. The molecule has 0 radical (unpaired) electrons. The van der Waals surface area contributed by atoms with Crippen LogP contribution in [0.25, 0.3) is 0 Å². The highest BCUT2D eigenvalue weighted by atomic mass is 19.1. The van der Waals surface area contributed by atoms with Crippen molar-refractivity contribution in [1.29, 1.82) is 0 Å². The molecular weight excluding hydrogens is 169 g/mol. The Labute approximate surface area is 77.4 Å². The molecule has 0 saturated carbocycles. The van der Waals surface area contributed by atoms with Crippen molar-refractivity contribution in [3.8, 4) is 5.75 Å². The van der Waals surface area contributed by atoms with E-state index in [4.69, 9.17) is 0 Å². The van der Waals surface area contributed by atoms with Crippen molar-refractivity contribution >= 4 is 0 Å². The Morgan fingerprint density at radius 1 is 1.46 bits per heavy atom. The predicted molar refractivity (Wildman–Crippen MR) is 50.3 cm³/mol. The molecule has 1 aromatic rings. The number of rotatable bonds is 2. The third-order valence-corrected chi connectivity index (χ3v) is 2.21. The number of aryl methyl sites for hydroxylation is 1. The maximum absolute atomic E-state index is 13.1. The molecule has 2 nitrogen and oxygen atoms in total. The summed E-state index contributed by atoms with van der Waals surface area (Å²) in [4.78, 5) is 0. The maximum Gasteiger partial charge on any atom is 0.126 e. The molecule has 0 heterocycles. The number of hydrogen-bond acceptors (Lipinski definition) is 2. The zero-order chi connectivity index (χ0) is 10.0. The molecule has 0 spiro atoms. The van der Waals surface area contributed by atoms with Gasteiger partial charge in [0.2, 0.25) is 0 Å². The van der Waals surface area contributed by atoms with Gasteiger partial charge in [0.1, 0.15) is 11.6 Å². The summed E-state index contributed by atoms with van der Waals surface area (Å²) in [6.45, 7) is 3.49. The molecule has 1 aromatic carbocycles. The van der Waals surface area contributed by atoms with Crippen molar-refractivity contribution in [2.45, 2.75) is 19.9 Å². The summed E-state index contributed by atoms with van der Waals surface area (Å²) in [5, 5.41) is 12.5. The Kier molecular flexibility index (Phi) is 2.88. The van der Waals surface area contributed by atoms with Gasteiger partial charge in [-0.25, -0.2) is 4.39 Å². The molecule has 0 bridgehead atoms. The van der Waals surface area contributed by atoms with Crippen LogP contribution in [0.3, 0.4) is 0 Å². The van der Waals surface area contributed by atoms with Crippen LogP contribution in [0.5, 0.6) is 5.75 Å². The van der Waals surface area contributed by atoms with E-state index in [9.17, 15) is 9.50 Å². The van der Waals surface area contributed by atoms with Gasteiger partial charge in [0.15, 0.2) is 0 Å². The normalized spacial score (nSPS) is 12.9. The summed E-state index contributed by atoms with van der Waals surface area (Å²) in [6, 6.07) is 2.76. The van der Waals surface area contributed by atoms with Crippen molar-refractivity contribution in [1.82, 2.24) is 5.32 Å². The van der Waals surface area contributed by atoms with Crippen LogP contribution < -0.4 is 5.32 Å². The number of benzene rings is 1. The average molecular weight is 183 g/mol. The summed E-state index contributed by atoms with van der Waals surface area (Å²) < 4.78 is 13.1. The standard InChI is InChI=1S/C10H14FNO/c1-6-4-10(13)8(5-9(6)11)7(2)12-3/h4-5,7,12-13H,1-3H3/t7-/m0/s1. The Morgan fingerprint density at radius 2 is 2.08 bits per heavy atom. The predicted octanol–water partition coefficient (Wildman–Crippen LogP) is 2.12. The van der Waals surface area contributed by atoms with Gasteiger partial charge in [-0.1, -0.05) is 0 Å². The number of hydrogen-bond donors (Lipinski definition) is 2. The van der Waals surface area contributed by atoms with Crippen LogP contribution in [-0.2, 0) is 0 Å². The number of phenols is 1. The summed E-state index contributed by atoms with van der Waals surface area (Å²) in [5.74, 6) is -0.143. The van der Waals surface area contributed by atoms with Crippen molar-refractivity contribution in [2.24, 2.45) is 0 Å². The first-order valence-electron chi connectivity index (χ1n) is 4.22. The molecule has 0 amide bonds. The molecule has 0 aromatic heterocycles. The molecule has 0 unspecified atom stereocenters. The van der Waals surface area contributed by atoms with E-state index in [1.54, 1.807) is 14.0 Å². The van der Waals surface area contributed by atoms with Crippen molar-refractivity contribution in [2.75, 3.05) is 7.05 Å².